The molecule has 1 aliphatic rings. The quantitative estimate of drug-likeness (QED) is 0.345. The standard InChI is InChI=1S/C26H24ClFN4O3S/c27-26-24(31-36(34,35)21-6-4-19(28)5-7-21)15-18(16-30-26)17-3-8-23-22(14-17)25(9-11-29-23)32-12-1-2-20(33)10-13-32/h3-9,11,14-16,20,31,33H,1-2,10,12-13H2. The van der Waals surface area contributed by atoms with Gasteiger partial charge < -0.3 is 10.0 Å². The summed E-state index contributed by atoms with van der Waals surface area (Å²) in [5, 5.41) is 11.0. The Morgan fingerprint density at radius 1 is 1.00 bits per heavy atom. The summed E-state index contributed by atoms with van der Waals surface area (Å²) in [6.07, 6.45) is 5.49. The van der Waals surface area contributed by atoms with Crippen molar-refractivity contribution in [3.8, 4) is 11.1 Å². The number of hydrogen-bond acceptors (Lipinski definition) is 6. The van der Waals surface area contributed by atoms with Crippen LogP contribution in [0.15, 0.2) is 71.9 Å². The summed E-state index contributed by atoms with van der Waals surface area (Å²) in [4.78, 5) is 10.9. The minimum atomic E-state index is -3.99. The Balaban J connectivity index is 1.50. The van der Waals surface area contributed by atoms with Crippen molar-refractivity contribution in [2.45, 2.75) is 30.3 Å². The summed E-state index contributed by atoms with van der Waals surface area (Å²) >= 11 is 6.22. The highest BCUT2D eigenvalue weighted by atomic mass is 35.5. The molecule has 0 radical (unpaired) electrons. The van der Waals surface area contributed by atoms with Crippen LogP contribution in [0.5, 0.6) is 0 Å². The number of halogens is 2. The van der Waals surface area contributed by atoms with E-state index in [4.69, 9.17) is 11.6 Å². The lowest BCUT2D eigenvalue weighted by atomic mass is 10.0. The predicted octanol–water partition coefficient (Wildman–Crippen LogP) is 5.24. The van der Waals surface area contributed by atoms with Gasteiger partial charge in [0, 0.05) is 42.1 Å². The molecule has 2 aromatic heterocycles. The topological polar surface area (TPSA) is 95.4 Å². The van der Waals surface area contributed by atoms with Gasteiger partial charge in [0.1, 0.15) is 5.82 Å². The van der Waals surface area contributed by atoms with Crippen molar-refractivity contribution in [3.63, 3.8) is 0 Å². The summed E-state index contributed by atoms with van der Waals surface area (Å²) in [7, 11) is -3.99. The number of aliphatic hydroxyl groups is 1. The van der Waals surface area contributed by atoms with Gasteiger partial charge in [-0.1, -0.05) is 17.7 Å². The fourth-order valence-corrected chi connectivity index (χ4v) is 5.67. The van der Waals surface area contributed by atoms with E-state index in [0.29, 0.717) is 12.0 Å². The lowest BCUT2D eigenvalue weighted by Gasteiger charge is -2.24. The van der Waals surface area contributed by atoms with E-state index in [2.05, 4.69) is 19.6 Å². The van der Waals surface area contributed by atoms with Crippen LogP contribution in [0.3, 0.4) is 0 Å². The number of hydrogen-bond donors (Lipinski definition) is 2. The Morgan fingerprint density at radius 3 is 2.61 bits per heavy atom. The molecular weight excluding hydrogens is 503 g/mol. The van der Waals surface area contributed by atoms with Crippen LogP contribution in [-0.2, 0) is 10.0 Å². The Hall–Kier alpha value is -3.27. The molecule has 7 nitrogen and oxygen atoms in total. The number of benzene rings is 2. The fraction of sp³-hybridized carbons (Fsp3) is 0.231. The third-order valence-electron chi connectivity index (χ3n) is 6.30. The molecule has 1 atom stereocenters. The Labute approximate surface area is 213 Å². The Bertz CT molecular complexity index is 1520. The first-order chi connectivity index (χ1) is 17.3. The van der Waals surface area contributed by atoms with Crippen molar-refractivity contribution in [3.05, 3.63) is 78.0 Å². The average Bonchev–Trinajstić information content (AvgIpc) is 3.09. The van der Waals surface area contributed by atoms with E-state index in [-0.39, 0.29) is 21.8 Å². The van der Waals surface area contributed by atoms with Gasteiger partial charge in [-0.05, 0) is 73.4 Å². The van der Waals surface area contributed by atoms with Crippen LogP contribution < -0.4 is 9.62 Å². The largest absolute Gasteiger partial charge is 0.393 e. The molecule has 1 saturated heterocycles. The first-order valence-electron chi connectivity index (χ1n) is 11.6. The molecule has 0 spiro atoms. The zero-order valence-electron chi connectivity index (χ0n) is 19.2. The zero-order valence-corrected chi connectivity index (χ0v) is 20.8. The van der Waals surface area contributed by atoms with Crippen LogP contribution >= 0.6 is 11.6 Å². The third-order valence-corrected chi connectivity index (χ3v) is 7.98. The van der Waals surface area contributed by atoms with Gasteiger partial charge in [-0.3, -0.25) is 9.71 Å². The number of anilines is 2. The van der Waals surface area contributed by atoms with E-state index in [1.54, 1.807) is 18.5 Å². The molecule has 2 aromatic carbocycles. The average molecular weight is 527 g/mol. The Kier molecular flexibility index (Phi) is 6.79. The lowest BCUT2D eigenvalue weighted by molar-refractivity contribution is 0.161. The van der Waals surface area contributed by atoms with Crippen LogP contribution in [0.25, 0.3) is 22.0 Å². The first kappa shape index (κ1) is 24.4. The highest BCUT2D eigenvalue weighted by Crippen LogP contribution is 2.33. The van der Waals surface area contributed by atoms with Crippen LogP contribution in [0.4, 0.5) is 15.8 Å². The molecule has 5 rings (SSSR count). The maximum absolute atomic E-state index is 13.2. The molecule has 0 bridgehead atoms. The molecule has 4 aromatic rings. The van der Waals surface area contributed by atoms with E-state index in [1.807, 2.05) is 24.3 Å². The summed E-state index contributed by atoms with van der Waals surface area (Å²) in [6, 6.07) is 13.9. The smallest absolute Gasteiger partial charge is 0.261 e. The second-order valence-corrected chi connectivity index (χ2v) is 10.8. The molecule has 1 unspecified atom stereocenters. The Morgan fingerprint density at radius 2 is 1.81 bits per heavy atom. The fourth-order valence-electron chi connectivity index (χ4n) is 4.40. The van der Waals surface area contributed by atoms with Crippen molar-refractivity contribution in [1.82, 2.24) is 9.97 Å². The predicted molar refractivity (Wildman–Crippen MR) is 139 cm³/mol. The number of nitrogens with zero attached hydrogens (tertiary/aromatic N) is 3. The van der Waals surface area contributed by atoms with Gasteiger partial charge in [0.15, 0.2) is 5.15 Å². The molecule has 1 aliphatic heterocycles. The monoisotopic (exact) mass is 526 g/mol. The maximum Gasteiger partial charge on any atom is 0.261 e. The maximum atomic E-state index is 13.2. The van der Waals surface area contributed by atoms with Crippen molar-refractivity contribution < 1.29 is 17.9 Å². The van der Waals surface area contributed by atoms with E-state index in [0.717, 1.165) is 60.2 Å². The highest BCUT2D eigenvalue weighted by molar-refractivity contribution is 7.92. The van der Waals surface area contributed by atoms with E-state index in [1.165, 1.54) is 12.1 Å². The minimum absolute atomic E-state index is 0.00398. The van der Waals surface area contributed by atoms with Gasteiger partial charge in [0.05, 0.1) is 22.2 Å². The number of nitrogens with one attached hydrogen (secondary N) is 1. The summed E-state index contributed by atoms with van der Waals surface area (Å²) in [6.45, 7) is 1.60. The molecule has 10 heteroatoms. The van der Waals surface area contributed by atoms with E-state index >= 15 is 0 Å². The number of aromatic nitrogens is 2. The third kappa shape index (κ3) is 5.13. The molecule has 2 N–H and O–H groups in total. The van der Waals surface area contributed by atoms with Crippen LogP contribution in [0.2, 0.25) is 5.15 Å². The summed E-state index contributed by atoms with van der Waals surface area (Å²) < 4.78 is 41.3. The van der Waals surface area contributed by atoms with Crippen molar-refractivity contribution in [1.29, 1.82) is 0 Å². The van der Waals surface area contributed by atoms with Gasteiger partial charge in [-0.25, -0.2) is 17.8 Å². The van der Waals surface area contributed by atoms with E-state index < -0.39 is 15.8 Å². The van der Waals surface area contributed by atoms with Gasteiger partial charge in [0.2, 0.25) is 0 Å². The molecule has 186 valence electrons. The number of pyridine rings is 2. The van der Waals surface area contributed by atoms with Gasteiger partial charge in [-0.15, -0.1) is 0 Å². The molecule has 0 amide bonds. The van der Waals surface area contributed by atoms with Crippen molar-refractivity contribution in [2.75, 3.05) is 22.7 Å². The van der Waals surface area contributed by atoms with Crippen LogP contribution in [0, 0.1) is 5.82 Å². The van der Waals surface area contributed by atoms with Gasteiger partial charge >= 0.3 is 0 Å². The molecule has 1 fully saturated rings. The molecule has 0 saturated carbocycles. The number of rotatable bonds is 5. The summed E-state index contributed by atoms with van der Waals surface area (Å²) in [5.41, 5.74) is 3.47. The second-order valence-electron chi connectivity index (χ2n) is 8.76. The molecule has 36 heavy (non-hydrogen) atoms. The normalized spacial score (nSPS) is 16.6. The van der Waals surface area contributed by atoms with E-state index in [9.17, 15) is 17.9 Å². The SMILES string of the molecule is O=S(=O)(Nc1cc(-c2ccc3nccc(N4CCCC(O)CC4)c3c2)cnc1Cl)c1ccc(F)cc1. The zero-order chi connectivity index (χ0) is 25.3. The molecular formula is C26H24ClFN4O3S. The van der Waals surface area contributed by atoms with Crippen molar-refractivity contribution >= 4 is 43.9 Å². The molecule has 0 aliphatic carbocycles. The van der Waals surface area contributed by atoms with Crippen LogP contribution in [-0.4, -0.2) is 42.7 Å². The highest BCUT2D eigenvalue weighted by Gasteiger charge is 2.19. The summed E-state index contributed by atoms with van der Waals surface area (Å²) in [5.74, 6) is -0.530. The van der Waals surface area contributed by atoms with Gasteiger partial charge in [0.25, 0.3) is 10.0 Å². The molecule has 3 heterocycles. The number of sulfonamides is 1. The second kappa shape index (κ2) is 10.0. The van der Waals surface area contributed by atoms with Crippen LogP contribution in [0.1, 0.15) is 19.3 Å². The number of fused-ring (bicyclic) bond motifs is 1. The lowest BCUT2D eigenvalue weighted by Crippen LogP contribution is -2.24. The first-order valence-corrected chi connectivity index (χ1v) is 13.4. The van der Waals surface area contributed by atoms with Crippen molar-refractivity contribution in [2.24, 2.45) is 0 Å². The number of aliphatic hydroxyl groups excluding tert-OH is 1. The van der Waals surface area contributed by atoms with Gasteiger partial charge in [-0.2, -0.15) is 0 Å². The minimum Gasteiger partial charge on any atom is -0.393 e.